The predicted octanol–water partition coefficient (Wildman–Crippen LogP) is 2.35. The normalized spacial score (nSPS) is 21.2. The van der Waals surface area contributed by atoms with E-state index >= 15 is 0 Å². The third-order valence-electron chi connectivity index (χ3n) is 5.70. The van der Waals surface area contributed by atoms with Crippen LogP contribution in [0.3, 0.4) is 0 Å². The summed E-state index contributed by atoms with van der Waals surface area (Å²) >= 11 is 0. The molecule has 0 saturated carbocycles. The van der Waals surface area contributed by atoms with Crippen molar-refractivity contribution in [2.24, 2.45) is 0 Å². The first-order chi connectivity index (χ1) is 12.2. The van der Waals surface area contributed by atoms with E-state index in [4.69, 9.17) is 0 Å². The average molecular weight is 421 g/mol. The molecule has 1 aromatic heterocycles. The largest absolute Gasteiger partial charge is 0.349 e. The molecule has 3 heterocycles. The van der Waals surface area contributed by atoms with Crippen LogP contribution in [-0.4, -0.2) is 64.6 Å². The van der Waals surface area contributed by atoms with E-state index in [2.05, 4.69) is 32.8 Å². The lowest BCUT2D eigenvalue weighted by molar-refractivity contribution is 0.0928. The molecule has 3 rings (SSSR count). The van der Waals surface area contributed by atoms with Crippen LogP contribution in [0, 0.1) is 6.92 Å². The molecule has 0 spiro atoms. The number of piperidine rings is 2. The molecule has 7 nitrogen and oxygen atoms in total. The lowest BCUT2D eigenvalue weighted by Gasteiger charge is -2.35. The van der Waals surface area contributed by atoms with Gasteiger partial charge in [0.25, 0.3) is 5.91 Å². The lowest BCUT2D eigenvalue weighted by Crippen LogP contribution is -2.43. The number of hydrogen-bond donors (Lipinski definition) is 2. The summed E-state index contributed by atoms with van der Waals surface area (Å²) in [5.74, 6) is -0.0947. The minimum Gasteiger partial charge on any atom is -0.349 e. The van der Waals surface area contributed by atoms with Crippen molar-refractivity contribution >= 4 is 30.7 Å². The van der Waals surface area contributed by atoms with Crippen LogP contribution in [0.4, 0.5) is 0 Å². The minimum absolute atomic E-state index is 0. The molecular weight excluding hydrogens is 387 g/mol. The molecule has 0 radical (unpaired) electrons. The fourth-order valence-electron chi connectivity index (χ4n) is 4.16. The molecule has 2 aliphatic rings. The van der Waals surface area contributed by atoms with Gasteiger partial charge in [0.05, 0.1) is 11.7 Å². The highest BCUT2D eigenvalue weighted by Gasteiger charge is 2.24. The van der Waals surface area contributed by atoms with E-state index in [1.165, 1.54) is 25.7 Å². The number of carbonyl (C=O) groups excluding carboxylic acids is 1. The molecule has 9 heteroatoms. The van der Waals surface area contributed by atoms with Crippen molar-refractivity contribution in [3.63, 3.8) is 0 Å². The fraction of sp³-hybridized carbons (Fsp3) is 0.833. The summed E-state index contributed by atoms with van der Waals surface area (Å²) in [7, 11) is 0. The van der Waals surface area contributed by atoms with Crippen LogP contribution in [0.1, 0.15) is 67.7 Å². The van der Waals surface area contributed by atoms with Crippen molar-refractivity contribution in [3.8, 4) is 0 Å². The molecule has 2 saturated heterocycles. The van der Waals surface area contributed by atoms with Gasteiger partial charge >= 0.3 is 0 Å². The average Bonchev–Trinajstić information content (AvgIpc) is 3.04. The van der Waals surface area contributed by atoms with Crippen LogP contribution < -0.4 is 10.6 Å². The van der Waals surface area contributed by atoms with Crippen LogP contribution >= 0.6 is 24.8 Å². The third kappa shape index (κ3) is 6.04. The van der Waals surface area contributed by atoms with E-state index in [0.717, 1.165) is 44.7 Å². The Balaban J connectivity index is 0.00000182. The smallest absolute Gasteiger partial charge is 0.273 e. The van der Waals surface area contributed by atoms with Gasteiger partial charge in [0, 0.05) is 19.1 Å². The molecule has 2 N–H and O–H groups in total. The number of aromatic nitrogens is 3. The Labute approximate surface area is 174 Å². The zero-order chi connectivity index (χ0) is 17.6. The summed E-state index contributed by atoms with van der Waals surface area (Å²) < 4.78 is 1.94. The van der Waals surface area contributed by atoms with Gasteiger partial charge in [0.1, 0.15) is 0 Å². The highest BCUT2D eigenvalue weighted by molar-refractivity contribution is 5.93. The molecule has 2 fully saturated rings. The summed E-state index contributed by atoms with van der Waals surface area (Å²) in [6.45, 7) is 8.96. The maximum atomic E-state index is 12.5. The number of carbonyl (C=O) groups is 1. The van der Waals surface area contributed by atoms with E-state index in [1.807, 2.05) is 11.6 Å². The number of nitrogens with one attached hydrogen (secondary N) is 2. The van der Waals surface area contributed by atoms with Crippen molar-refractivity contribution in [3.05, 3.63) is 11.4 Å². The van der Waals surface area contributed by atoms with Gasteiger partial charge in [-0.3, -0.25) is 9.69 Å². The molecule has 0 bridgehead atoms. The summed E-state index contributed by atoms with van der Waals surface area (Å²) in [5.41, 5.74) is 1.36. The molecule has 0 aliphatic carbocycles. The van der Waals surface area contributed by atoms with Crippen molar-refractivity contribution in [1.29, 1.82) is 0 Å². The number of amides is 1. The van der Waals surface area contributed by atoms with Gasteiger partial charge < -0.3 is 10.6 Å². The lowest BCUT2D eigenvalue weighted by atomic mass is 10.0. The van der Waals surface area contributed by atoms with E-state index < -0.39 is 0 Å². The predicted molar refractivity (Wildman–Crippen MR) is 112 cm³/mol. The van der Waals surface area contributed by atoms with Crippen LogP contribution in [-0.2, 0) is 0 Å². The highest BCUT2D eigenvalue weighted by Crippen LogP contribution is 2.20. The Kier molecular flexibility index (Phi) is 10.6. The Morgan fingerprint density at radius 1 is 1.22 bits per heavy atom. The number of likely N-dealkylation sites (tertiary alicyclic amines) is 1. The van der Waals surface area contributed by atoms with Gasteiger partial charge in [-0.15, -0.1) is 29.9 Å². The molecule has 0 aromatic carbocycles. The summed E-state index contributed by atoms with van der Waals surface area (Å²) in [6.07, 6.45) is 7.16. The fourth-order valence-corrected chi connectivity index (χ4v) is 4.16. The van der Waals surface area contributed by atoms with Gasteiger partial charge in [0.15, 0.2) is 5.69 Å². The first kappa shape index (κ1) is 24.1. The quantitative estimate of drug-likeness (QED) is 0.738. The second-order valence-corrected chi connectivity index (χ2v) is 7.30. The molecule has 1 unspecified atom stereocenters. The van der Waals surface area contributed by atoms with Gasteiger partial charge in [-0.2, -0.15) is 0 Å². The van der Waals surface area contributed by atoms with E-state index in [-0.39, 0.29) is 30.7 Å². The molecule has 156 valence electrons. The number of rotatable bonds is 6. The monoisotopic (exact) mass is 420 g/mol. The third-order valence-corrected chi connectivity index (χ3v) is 5.70. The molecule has 1 amide bonds. The SMILES string of the molecule is CCC1CCCCN1CCNC(=O)c1nnn(C2CCNCC2)c1C.Cl.Cl. The van der Waals surface area contributed by atoms with Gasteiger partial charge in [0.2, 0.25) is 0 Å². The van der Waals surface area contributed by atoms with Crippen molar-refractivity contribution < 1.29 is 4.79 Å². The topological polar surface area (TPSA) is 75.1 Å². The Hall–Kier alpha value is -0.890. The number of nitrogens with zero attached hydrogens (tertiary/aromatic N) is 4. The zero-order valence-corrected chi connectivity index (χ0v) is 18.1. The van der Waals surface area contributed by atoms with Crippen LogP contribution in [0.5, 0.6) is 0 Å². The van der Waals surface area contributed by atoms with E-state index in [1.54, 1.807) is 0 Å². The zero-order valence-electron chi connectivity index (χ0n) is 16.4. The van der Waals surface area contributed by atoms with Crippen LogP contribution in [0.2, 0.25) is 0 Å². The molecule has 1 atom stereocenters. The van der Waals surface area contributed by atoms with Crippen molar-refractivity contribution in [1.82, 2.24) is 30.5 Å². The van der Waals surface area contributed by atoms with Gasteiger partial charge in [-0.25, -0.2) is 4.68 Å². The first-order valence-electron chi connectivity index (χ1n) is 9.85. The van der Waals surface area contributed by atoms with Crippen LogP contribution in [0.15, 0.2) is 0 Å². The van der Waals surface area contributed by atoms with Crippen molar-refractivity contribution in [2.45, 2.75) is 64.5 Å². The number of halogens is 2. The highest BCUT2D eigenvalue weighted by atomic mass is 35.5. The maximum absolute atomic E-state index is 12.5. The Bertz CT molecular complexity index is 576. The molecular formula is C18H34Cl2N6O. The van der Waals surface area contributed by atoms with E-state index in [0.29, 0.717) is 24.3 Å². The standard InChI is InChI=1S/C18H32N6O.2ClH/c1-3-15-6-4-5-12-23(15)13-11-20-18(25)17-14(2)24(22-21-17)16-7-9-19-10-8-16;;/h15-16,19H,3-13H2,1-2H3,(H,20,25);2*1H. The second-order valence-electron chi connectivity index (χ2n) is 7.30. The molecule has 1 aromatic rings. The summed E-state index contributed by atoms with van der Waals surface area (Å²) in [4.78, 5) is 15.0. The molecule has 27 heavy (non-hydrogen) atoms. The summed E-state index contributed by atoms with van der Waals surface area (Å²) in [5, 5.41) is 14.8. The maximum Gasteiger partial charge on any atom is 0.273 e. The number of hydrogen-bond acceptors (Lipinski definition) is 5. The summed E-state index contributed by atoms with van der Waals surface area (Å²) in [6, 6.07) is 1.03. The van der Waals surface area contributed by atoms with E-state index in [9.17, 15) is 4.79 Å². The molecule has 2 aliphatic heterocycles. The minimum atomic E-state index is -0.0947. The Morgan fingerprint density at radius 3 is 2.67 bits per heavy atom. The second kappa shape index (κ2) is 11.8. The first-order valence-corrected chi connectivity index (χ1v) is 9.85. The Morgan fingerprint density at radius 2 is 1.96 bits per heavy atom. The van der Waals surface area contributed by atoms with Gasteiger partial charge in [-0.1, -0.05) is 18.6 Å². The van der Waals surface area contributed by atoms with Gasteiger partial charge in [-0.05, 0) is 58.7 Å². The van der Waals surface area contributed by atoms with Crippen LogP contribution in [0.25, 0.3) is 0 Å². The van der Waals surface area contributed by atoms with Crippen molar-refractivity contribution in [2.75, 3.05) is 32.7 Å².